The molecule has 1 aromatic heterocycles. The number of halogens is 1. The highest BCUT2D eigenvalue weighted by molar-refractivity contribution is 5.89. The number of rotatable bonds is 5. The lowest BCUT2D eigenvalue weighted by Crippen LogP contribution is -2.41. The van der Waals surface area contributed by atoms with E-state index in [4.69, 9.17) is 9.26 Å². The van der Waals surface area contributed by atoms with Gasteiger partial charge in [0, 0.05) is 12.2 Å². The van der Waals surface area contributed by atoms with E-state index in [0.29, 0.717) is 35.3 Å². The third kappa shape index (κ3) is 5.02. The van der Waals surface area contributed by atoms with Crippen molar-refractivity contribution in [3.63, 3.8) is 0 Å². The molecule has 162 valence electrons. The number of piperidine rings is 1. The number of benzene rings is 2. The van der Waals surface area contributed by atoms with E-state index in [1.54, 1.807) is 24.0 Å². The molecular formula is C23H25FN4O3. The van der Waals surface area contributed by atoms with Gasteiger partial charge in [-0.3, -0.25) is 0 Å². The van der Waals surface area contributed by atoms with E-state index in [9.17, 15) is 9.18 Å². The first kappa shape index (κ1) is 20.8. The summed E-state index contributed by atoms with van der Waals surface area (Å²) in [5.74, 6) is 1.16. The molecule has 8 heteroatoms. The molecule has 2 heterocycles. The highest BCUT2D eigenvalue weighted by Crippen LogP contribution is 2.30. The maximum Gasteiger partial charge on any atom is 0.322 e. The lowest BCUT2D eigenvalue weighted by atomic mass is 10.0. The van der Waals surface area contributed by atoms with Crippen molar-refractivity contribution in [1.29, 1.82) is 0 Å². The molecule has 7 nitrogen and oxygen atoms in total. The molecular weight excluding hydrogens is 399 g/mol. The molecule has 0 aliphatic carbocycles. The van der Waals surface area contributed by atoms with Crippen LogP contribution in [0.3, 0.4) is 0 Å². The number of carbonyl (C=O) groups excluding carboxylic acids is 1. The molecule has 1 aliphatic rings. The van der Waals surface area contributed by atoms with Crippen LogP contribution in [0.4, 0.5) is 14.9 Å². The van der Waals surface area contributed by atoms with Gasteiger partial charge in [0.25, 0.3) is 5.89 Å². The Morgan fingerprint density at radius 2 is 2.03 bits per heavy atom. The fourth-order valence-corrected chi connectivity index (χ4v) is 3.55. The minimum absolute atomic E-state index is 0.150. The number of carbonyl (C=O) groups is 1. The Bertz CT molecular complexity index is 1050. The van der Waals surface area contributed by atoms with Crippen LogP contribution in [0.25, 0.3) is 0 Å². The lowest BCUT2D eigenvalue weighted by Gasteiger charge is -2.33. The summed E-state index contributed by atoms with van der Waals surface area (Å²) in [6.07, 6.45) is 2.57. The van der Waals surface area contributed by atoms with Gasteiger partial charge in [0.15, 0.2) is 12.4 Å². The second-order valence-electron chi connectivity index (χ2n) is 7.75. The third-order valence-corrected chi connectivity index (χ3v) is 5.35. The second-order valence-corrected chi connectivity index (χ2v) is 7.75. The Labute approximate surface area is 180 Å². The second kappa shape index (κ2) is 9.16. The number of hydrogen-bond donors (Lipinski definition) is 1. The molecule has 0 bridgehead atoms. The van der Waals surface area contributed by atoms with Crippen molar-refractivity contribution in [3.05, 3.63) is 71.1 Å². The van der Waals surface area contributed by atoms with Crippen LogP contribution in [-0.4, -0.2) is 27.6 Å². The summed E-state index contributed by atoms with van der Waals surface area (Å²) in [7, 11) is 0. The maximum atomic E-state index is 13.8. The zero-order valence-electron chi connectivity index (χ0n) is 17.6. The molecule has 0 saturated carbocycles. The van der Waals surface area contributed by atoms with Gasteiger partial charge >= 0.3 is 6.03 Å². The lowest BCUT2D eigenvalue weighted by molar-refractivity contribution is 0.157. The van der Waals surface area contributed by atoms with E-state index >= 15 is 0 Å². The maximum absolute atomic E-state index is 13.8. The Morgan fingerprint density at radius 3 is 2.81 bits per heavy atom. The van der Waals surface area contributed by atoms with E-state index in [2.05, 4.69) is 15.5 Å². The van der Waals surface area contributed by atoms with Gasteiger partial charge in [-0.1, -0.05) is 28.9 Å². The molecule has 1 aliphatic heterocycles. The van der Waals surface area contributed by atoms with Crippen LogP contribution < -0.4 is 10.1 Å². The molecule has 2 amide bonds. The Balaban J connectivity index is 1.42. The van der Waals surface area contributed by atoms with Crippen LogP contribution >= 0.6 is 0 Å². The van der Waals surface area contributed by atoms with E-state index < -0.39 is 0 Å². The summed E-state index contributed by atoms with van der Waals surface area (Å²) in [4.78, 5) is 19.0. The number of aryl methyl sites for hydroxylation is 2. The van der Waals surface area contributed by atoms with Crippen molar-refractivity contribution in [2.24, 2.45) is 0 Å². The molecule has 1 unspecified atom stereocenters. The Kier molecular flexibility index (Phi) is 6.16. The molecule has 0 radical (unpaired) electrons. The molecule has 1 fully saturated rings. The quantitative estimate of drug-likeness (QED) is 0.612. The largest absolute Gasteiger partial charge is 0.484 e. The molecule has 2 aromatic carbocycles. The van der Waals surface area contributed by atoms with Crippen LogP contribution in [0.2, 0.25) is 0 Å². The van der Waals surface area contributed by atoms with Gasteiger partial charge in [-0.05, 0) is 62.9 Å². The standard InChI is InChI=1S/C23H25FN4O3/c1-15-6-10-18(11-7-15)30-14-21-26-22(27-31-21)20-5-3-4-12-28(20)23(29)25-17-9-8-16(2)19(24)13-17/h6-11,13,20H,3-5,12,14H2,1-2H3,(H,25,29). The topological polar surface area (TPSA) is 80.5 Å². The average Bonchev–Trinajstić information content (AvgIpc) is 3.25. The summed E-state index contributed by atoms with van der Waals surface area (Å²) in [5.41, 5.74) is 2.09. The summed E-state index contributed by atoms with van der Waals surface area (Å²) in [6.45, 7) is 4.40. The highest BCUT2D eigenvalue weighted by atomic mass is 19.1. The predicted molar refractivity (Wildman–Crippen MR) is 113 cm³/mol. The zero-order chi connectivity index (χ0) is 21.8. The van der Waals surface area contributed by atoms with E-state index in [1.807, 2.05) is 31.2 Å². The van der Waals surface area contributed by atoms with E-state index in [0.717, 1.165) is 24.8 Å². The summed E-state index contributed by atoms with van der Waals surface area (Å²) in [5, 5.41) is 6.86. The predicted octanol–water partition coefficient (Wildman–Crippen LogP) is 5.16. The van der Waals surface area contributed by atoms with E-state index in [-0.39, 0.29) is 24.5 Å². The van der Waals surface area contributed by atoms with Crippen molar-refractivity contribution in [2.45, 2.75) is 45.8 Å². The van der Waals surface area contributed by atoms with Gasteiger partial charge in [0.2, 0.25) is 0 Å². The number of anilines is 1. The number of aromatic nitrogens is 2. The number of nitrogens with one attached hydrogen (secondary N) is 1. The number of likely N-dealkylation sites (tertiary alicyclic amines) is 1. The van der Waals surface area contributed by atoms with Crippen LogP contribution in [0.5, 0.6) is 5.75 Å². The molecule has 1 N–H and O–H groups in total. The summed E-state index contributed by atoms with van der Waals surface area (Å²) < 4.78 is 24.9. The fraction of sp³-hybridized carbons (Fsp3) is 0.348. The normalized spacial score (nSPS) is 16.2. The molecule has 1 atom stereocenters. The first-order chi connectivity index (χ1) is 15.0. The first-order valence-corrected chi connectivity index (χ1v) is 10.4. The minimum Gasteiger partial charge on any atom is -0.484 e. The number of amides is 2. The van der Waals surface area contributed by atoms with Gasteiger partial charge < -0.3 is 19.5 Å². The number of nitrogens with zero attached hydrogens (tertiary/aromatic N) is 3. The molecule has 0 spiro atoms. The van der Waals surface area contributed by atoms with Gasteiger partial charge in [-0.15, -0.1) is 0 Å². The van der Waals surface area contributed by atoms with Gasteiger partial charge in [0.05, 0.1) is 6.04 Å². The van der Waals surface area contributed by atoms with Gasteiger partial charge in [-0.2, -0.15) is 4.98 Å². The van der Waals surface area contributed by atoms with Crippen molar-refractivity contribution < 1.29 is 18.4 Å². The molecule has 4 rings (SSSR count). The van der Waals surface area contributed by atoms with Crippen LogP contribution in [0.1, 0.15) is 48.1 Å². The zero-order valence-corrected chi connectivity index (χ0v) is 17.6. The number of ether oxygens (including phenoxy) is 1. The van der Waals surface area contributed by atoms with Crippen molar-refractivity contribution >= 4 is 11.7 Å². The smallest absolute Gasteiger partial charge is 0.322 e. The third-order valence-electron chi connectivity index (χ3n) is 5.35. The SMILES string of the molecule is Cc1ccc(OCc2nc(C3CCCCN3C(=O)Nc3ccc(C)c(F)c3)no2)cc1. The molecule has 3 aromatic rings. The van der Waals surface area contributed by atoms with Gasteiger partial charge in [0.1, 0.15) is 11.6 Å². The fourth-order valence-electron chi connectivity index (χ4n) is 3.55. The van der Waals surface area contributed by atoms with Crippen molar-refractivity contribution in [2.75, 3.05) is 11.9 Å². The summed E-state index contributed by atoms with van der Waals surface area (Å²) >= 11 is 0. The van der Waals surface area contributed by atoms with Crippen molar-refractivity contribution in [3.8, 4) is 5.75 Å². The number of hydrogen-bond acceptors (Lipinski definition) is 5. The van der Waals surface area contributed by atoms with Crippen molar-refractivity contribution in [1.82, 2.24) is 15.0 Å². The molecule has 31 heavy (non-hydrogen) atoms. The van der Waals surface area contributed by atoms with Crippen LogP contribution in [-0.2, 0) is 6.61 Å². The van der Waals surface area contributed by atoms with Crippen LogP contribution in [0, 0.1) is 19.7 Å². The van der Waals surface area contributed by atoms with Gasteiger partial charge in [-0.25, -0.2) is 9.18 Å². The number of urea groups is 1. The minimum atomic E-state index is -0.357. The highest BCUT2D eigenvalue weighted by Gasteiger charge is 2.31. The Hall–Kier alpha value is -3.42. The Morgan fingerprint density at radius 1 is 1.23 bits per heavy atom. The van der Waals surface area contributed by atoms with Crippen LogP contribution in [0.15, 0.2) is 47.0 Å². The molecule has 1 saturated heterocycles. The first-order valence-electron chi connectivity index (χ1n) is 10.4. The average molecular weight is 424 g/mol. The van der Waals surface area contributed by atoms with E-state index in [1.165, 1.54) is 6.07 Å². The monoisotopic (exact) mass is 424 g/mol. The summed E-state index contributed by atoms with van der Waals surface area (Å²) in [6, 6.07) is 11.7.